The average molecular weight is 250 g/mol. The SMILES string of the molecule is CCOC(=O)C1OC1(C)c1cc(C)ccc1OC. The van der Waals surface area contributed by atoms with Crippen LogP contribution in [0.4, 0.5) is 0 Å². The first-order chi connectivity index (χ1) is 8.52. The van der Waals surface area contributed by atoms with Crippen molar-refractivity contribution in [2.45, 2.75) is 32.5 Å². The summed E-state index contributed by atoms with van der Waals surface area (Å²) in [5.74, 6) is 0.415. The Labute approximate surface area is 107 Å². The largest absolute Gasteiger partial charge is 0.496 e. The van der Waals surface area contributed by atoms with Gasteiger partial charge in [0.05, 0.1) is 13.7 Å². The monoisotopic (exact) mass is 250 g/mol. The molecule has 1 aliphatic heterocycles. The highest BCUT2D eigenvalue weighted by atomic mass is 16.7. The van der Waals surface area contributed by atoms with Crippen molar-refractivity contribution in [1.82, 2.24) is 0 Å². The van der Waals surface area contributed by atoms with E-state index < -0.39 is 11.7 Å². The van der Waals surface area contributed by atoms with Crippen LogP contribution in [0.2, 0.25) is 0 Å². The molecular weight excluding hydrogens is 232 g/mol. The number of benzene rings is 1. The molecule has 4 nitrogen and oxygen atoms in total. The van der Waals surface area contributed by atoms with E-state index in [-0.39, 0.29) is 5.97 Å². The fraction of sp³-hybridized carbons (Fsp3) is 0.500. The Balaban J connectivity index is 2.28. The molecule has 1 fully saturated rings. The van der Waals surface area contributed by atoms with Crippen LogP contribution in [0.15, 0.2) is 18.2 Å². The summed E-state index contributed by atoms with van der Waals surface area (Å²) in [5.41, 5.74) is 1.36. The van der Waals surface area contributed by atoms with Crippen molar-refractivity contribution in [3.8, 4) is 5.75 Å². The quantitative estimate of drug-likeness (QED) is 0.607. The Morgan fingerprint density at radius 1 is 1.50 bits per heavy atom. The minimum absolute atomic E-state index is 0.316. The average Bonchev–Trinajstić information content (AvgIpc) is 3.03. The smallest absolute Gasteiger partial charge is 0.338 e. The van der Waals surface area contributed by atoms with Gasteiger partial charge in [-0.25, -0.2) is 4.79 Å². The Kier molecular flexibility index (Phi) is 3.30. The maximum Gasteiger partial charge on any atom is 0.338 e. The van der Waals surface area contributed by atoms with Crippen molar-refractivity contribution in [2.24, 2.45) is 0 Å². The molecule has 0 radical (unpaired) electrons. The molecule has 2 rings (SSSR count). The zero-order valence-corrected chi connectivity index (χ0v) is 11.1. The molecule has 18 heavy (non-hydrogen) atoms. The van der Waals surface area contributed by atoms with Crippen LogP contribution >= 0.6 is 0 Å². The molecule has 0 aromatic heterocycles. The lowest BCUT2D eigenvalue weighted by Gasteiger charge is -2.13. The highest BCUT2D eigenvalue weighted by molar-refractivity contribution is 5.80. The molecule has 1 aliphatic rings. The lowest BCUT2D eigenvalue weighted by Crippen LogP contribution is -2.19. The van der Waals surface area contributed by atoms with E-state index in [2.05, 4.69) is 0 Å². The molecule has 4 heteroatoms. The highest BCUT2D eigenvalue weighted by Crippen LogP contribution is 2.49. The van der Waals surface area contributed by atoms with E-state index in [1.165, 1.54) is 0 Å². The Hall–Kier alpha value is -1.55. The second kappa shape index (κ2) is 4.61. The van der Waals surface area contributed by atoms with Crippen molar-refractivity contribution in [3.05, 3.63) is 29.3 Å². The van der Waals surface area contributed by atoms with Crippen LogP contribution in [0, 0.1) is 6.92 Å². The number of aryl methyl sites for hydroxylation is 1. The van der Waals surface area contributed by atoms with Gasteiger partial charge in [0, 0.05) is 5.56 Å². The van der Waals surface area contributed by atoms with Gasteiger partial charge >= 0.3 is 5.97 Å². The lowest BCUT2D eigenvalue weighted by atomic mass is 9.95. The molecule has 0 N–H and O–H groups in total. The summed E-state index contributed by atoms with van der Waals surface area (Å²) in [7, 11) is 1.61. The Morgan fingerprint density at radius 3 is 2.83 bits per heavy atom. The summed E-state index contributed by atoms with van der Waals surface area (Å²) < 4.78 is 15.9. The van der Waals surface area contributed by atoms with Gasteiger partial charge in [0.2, 0.25) is 0 Å². The van der Waals surface area contributed by atoms with Crippen LogP contribution in [0.1, 0.15) is 25.0 Å². The number of carbonyl (C=O) groups is 1. The van der Waals surface area contributed by atoms with Crippen LogP contribution in [-0.4, -0.2) is 25.8 Å². The second-order valence-electron chi connectivity index (χ2n) is 4.56. The molecule has 2 unspecified atom stereocenters. The maximum absolute atomic E-state index is 11.7. The number of ether oxygens (including phenoxy) is 3. The van der Waals surface area contributed by atoms with Gasteiger partial charge in [0.25, 0.3) is 0 Å². The molecule has 0 amide bonds. The first kappa shape index (κ1) is 12.9. The van der Waals surface area contributed by atoms with Gasteiger partial charge in [-0.1, -0.05) is 11.6 Å². The summed E-state index contributed by atoms with van der Waals surface area (Å²) in [6.45, 7) is 6.02. The molecule has 1 heterocycles. The predicted molar refractivity (Wildman–Crippen MR) is 66.6 cm³/mol. The van der Waals surface area contributed by atoms with E-state index in [9.17, 15) is 4.79 Å². The van der Waals surface area contributed by atoms with Gasteiger partial charge in [-0.05, 0) is 32.9 Å². The number of rotatable bonds is 4. The predicted octanol–water partition coefficient (Wildman–Crippen LogP) is 2.18. The zero-order valence-electron chi connectivity index (χ0n) is 11.1. The van der Waals surface area contributed by atoms with Crippen molar-refractivity contribution >= 4 is 5.97 Å². The molecule has 0 aliphatic carbocycles. The first-order valence-corrected chi connectivity index (χ1v) is 6.02. The van der Waals surface area contributed by atoms with Crippen LogP contribution < -0.4 is 4.74 Å². The summed E-state index contributed by atoms with van der Waals surface area (Å²) >= 11 is 0. The Morgan fingerprint density at radius 2 is 2.22 bits per heavy atom. The van der Waals surface area contributed by atoms with E-state index in [1.54, 1.807) is 14.0 Å². The van der Waals surface area contributed by atoms with E-state index in [4.69, 9.17) is 14.2 Å². The van der Waals surface area contributed by atoms with Crippen LogP contribution in [0.25, 0.3) is 0 Å². The Bertz CT molecular complexity index is 469. The number of carbonyl (C=O) groups excluding carboxylic acids is 1. The van der Waals surface area contributed by atoms with Crippen LogP contribution in [-0.2, 0) is 19.9 Å². The fourth-order valence-electron chi connectivity index (χ4n) is 2.12. The van der Waals surface area contributed by atoms with Crippen LogP contribution in [0.5, 0.6) is 5.75 Å². The molecule has 1 aromatic carbocycles. The summed E-state index contributed by atoms with van der Waals surface area (Å²) in [6.07, 6.45) is -0.534. The van der Waals surface area contributed by atoms with Crippen molar-refractivity contribution in [2.75, 3.05) is 13.7 Å². The van der Waals surface area contributed by atoms with E-state index >= 15 is 0 Å². The molecule has 1 saturated heterocycles. The minimum Gasteiger partial charge on any atom is -0.496 e. The molecule has 2 atom stereocenters. The van der Waals surface area contributed by atoms with Gasteiger partial charge in [-0.2, -0.15) is 0 Å². The summed E-state index contributed by atoms with van der Waals surface area (Å²) in [5, 5.41) is 0. The van der Waals surface area contributed by atoms with Crippen molar-refractivity contribution in [1.29, 1.82) is 0 Å². The van der Waals surface area contributed by atoms with Crippen LogP contribution in [0.3, 0.4) is 0 Å². The van der Waals surface area contributed by atoms with Gasteiger partial charge in [-0.15, -0.1) is 0 Å². The summed E-state index contributed by atoms with van der Waals surface area (Å²) in [4.78, 5) is 11.7. The zero-order chi connectivity index (χ0) is 13.3. The molecular formula is C14H18O4. The number of methoxy groups -OCH3 is 1. The fourth-order valence-corrected chi connectivity index (χ4v) is 2.12. The van der Waals surface area contributed by atoms with Gasteiger partial charge in [0.1, 0.15) is 11.4 Å². The number of hydrogen-bond acceptors (Lipinski definition) is 4. The van der Waals surface area contributed by atoms with E-state index in [0.717, 1.165) is 16.9 Å². The minimum atomic E-state index is -0.635. The van der Waals surface area contributed by atoms with Gasteiger partial charge in [-0.3, -0.25) is 0 Å². The molecule has 0 bridgehead atoms. The van der Waals surface area contributed by atoms with Crippen molar-refractivity contribution < 1.29 is 19.0 Å². The number of esters is 1. The second-order valence-corrected chi connectivity index (χ2v) is 4.56. The first-order valence-electron chi connectivity index (χ1n) is 6.02. The third-order valence-corrected chi connectivity index (χ3v) is 3.20. The van der Waals surface area contributed by atoms with Crippen molar-refractivity contribution in [3.63, 3.8) is 0 Å². The maximum atomic E-state index is 11.7. The van der Waals surface area contributed by atoms with E-state index in [1.807, 2.05) is 32.0 Å². The number of epoxide rings is 1. The van der Waals surface area contributed by atoms with Gasteiger partial charge in [0.15, 0.2) is 6.10 Å². The molecule has 0 spiro atoms. The summed E-state index contributed by atoms with van der Waals surface area (Å²) in [6, 6.07) is 5.84. The normalized spacial score (nSPS) is 25.7. The third-order valence-electron chi connectivity index (χ3n) is 3.20. The third kappa shape index (κ3) is 2.08. The van der Waals surface area contributed by atoms with Gasteiger partial charge < -0.3 is 14.2 Å². The highest BCUT2D eigenvalue weighted by Gasteiger charge is 2.60. The molecule has 98 valence electrons. The number of hydrogen-bond donors (Lipinski definition) is 0. The standard InChI is InChI=1S/C14H18O4/c1-5-17-13(15)12-14(3,18-12)10-8-9(2)6-7-11(10)16-4/h6-8,12H,5H2,1-4H3. The molecule has 0 saturated carbocycles. The van der Waals surface area contributed by atoms with E-state index in [0.29, 0.717) is 6.61 Å². The topological polar surface area (TPSA) is 48.1 Å². The lowest BCUT2D eigenvalue weighted by molar-refractivity contribution is -0.144. The molecule has 1 aromatic rings.